The molecule has 3 rings (SSSR count). The van der Waals surface area contributed by atoms with Crippen molar-refractivity contribution in [3.8, 4) is 0 Å². The summed E-state index contributed by atoms with van der Waals surface area (Å²) in [6.07, 6.45) is 4.59. The van der Waals surface area contributed by atoms with Gasteiger partial charge < -0.3 is 5.32 Å². The molecule has 0 bridgehead atoms. The molecule has 21 heavy (non-hydrogen) atoms. The molecule has 2 heterocycles. The normalized spacial score (nSPS) is 25.1. The van der Waals surface area contributed by atoms with E-state index in [0.29, 0.717) is 18.1 Å². The van der Waals surface area contributed by atoms with Gasteiger partial charge in [0.2, 0.25) is 0 Å². The molecule has 0 radical (unpaired) electrons. The summed E-state index contributed by atoms with van der Waals surface area (Å²) in [7, 11) is -2.92. The van der Waals surface area contributed by atoms with Gasteiger partial charge in [-0.05, 0) is 38.6 Å². The van der Waals surface area contributed by atoms with Crippen molar-refractivity contribution in [1.82, 2.24) is 15.1 Å². The highest BCUT2D eigenvalue weighted by Gasteiger charge is 2.32. The van der Waals surface area contributed by atoms with Crippen LogP contribution in [0, 0.1) is 12.8 Å². The van der Waals surface area contributed by atoms with E-state index in [1.54, 1.807) is 4.68 Å². The highest BCUT2D eigenvalue weighted by Crippen LogP contribution is 2.30. The zero-order valence-electron chi connectivity index (χ0n) is 12.3. The average Bonchev–Trinajstić information content (AvgIpc) is 2.85. The van der Waals surface area contributed by atoms with Gasteiger partial charge in [0.05, 0.1) is 23.2 Å². The largest absolute Gasteiger partial charge is 0.312 e. The molecule has 1 saturated heterocycles. The van der Waals surface area contributed by atoms with Crippen molar-refractivity contribution in [3.05, 3.63) is 16.4 Å². The summed E-state index contributed by atoms with van der Waals surface area (Å²) in [5, 5.41) is 8.51. The molecular weight excluding hydrogens is 310 g/mol. The first-order valence-corrected chi connectivity index (χ1v) is 9.81. The SMILES string of the molecule is Cc1nn(C2CCS(=O)(=O)C2)c(Cl)c1CNCC1CCC1. The summed E-state index contributed by atoms with van der Waals surface area (Å²) in [6, 6.07) is -0.110. The first-order valence-electron chi connectivity index (χ1n) is 7.61. The number of aryl methyl sites for hydroxylation is 1. The molecular formula is C14H22ClN3O2S. The minimum atomic E-state index is -2.92. The smallest absolute Gasteiger partial charge is 0.152 e. The average molecular weight is 332 g/mol. The van der Waals surface area contributed by atoms with Crippen LogP contribution in [0.2, 0.25) is 5.15 Å². The molecule has 1 saturated carbocycles. The molecule has 0 spiro atoms. The van der Waals surface area contributed by atoms with Crippen molar-refractivity contribution in [3.63, 3.8) is 0 Å². The third kappa shape index (κ3) is 3.27. The van der Waals surface area contributed by atoms with Crippen LogP contribution in [0.5, 0.6) is 0 Å². The maximum atomic E-state index is 11.6. The molecule has 1 N–H and O–H groups in total. The fourth-order valence-electron chi connectivity index (χ4n) is 3.06. The van der Waals surface area contributed by atoms with Crippen LogP contribution in [0.4, 0.5) is 0 Å². The quantitative estimate of drug-likeness (QED) is 0.897. The van der Waals surface area contributed by atoms with Crippen LogP contribution in [0.15, 0.2) is 0 Å². The van der Waals surface area contributed by atoms with Crippen molar-refractivity contribution in [2.45, 2.75) is 45.2 Å². The van der Waals surface area contributed by atoms with Gasteiger partial charge in [0.1, 0.15) is 5.15 Å². The molecule has 1 aliphatic heterocycles. The maximum absolute atomic E-state index is 11.6. The van der Waals surface area contributed by atoms with Gasteiger partial charge in [-0.15, -0.1) is 0 Å². The second kappa shape index (κ2) is 5.89. The van der Waals surface area contributed by atoms with Crippen LogP contribution in [0.25, 0.3) is 0 Å². The molecule has 1 aromatic heterocycles. The van der Waals surface area contributed by atoms with Gasteiger partial charge in [0, 0.05) is 12.1 Å². The summed E-state index contributed by atoms with van der Waals surface area (Å²) in [4.78, 5) is 0. The minimum absolute atomic E-state index is 0.110. The van der Waals surface area contributed by atoms with Crippen molar-refractivity contribution < 1.29 is 8.42 Å². The van der Waals surface area contributed by atoms with Gasteiger partial charge in [-0.25, -0.2) is 13.1 Å². The number of rotatable bonds is 5. The zero-order valence-corrected chi connectivity index (χ0v) is 13.9. The lowest BCUT2D eigenvalue weighted by Crippen LogP contribution is -2.27. The summed E-state index contributed by atoms with van der Waals surface area (Å²) < 4.78 is 24.9. The molecule has 0 aromatic carbocycles. The third-order valence-electron chi connectivity index (χ3n) is 4.66. The van der Waals surface area contributed by atoms with Crippen molar-refractivity contribution in [2.75, 3.05) is 18.1 Å². The molecule has 0 amide bonds. The second-order valence-corrected chi connectivity index (χ2v) is 8.87. The lowest BCUT2D eigenvalue weighted by molar-refractivity contribution is 0.301. The molecule has 1 atom stereocenters. The Labute approximate surface area is 131 Å². The standard InChI is InChI=1S/C14H22ClN3O2S/c1-10-13(8-16-7-11-3-2-4-11)14(15)18(17-10)12-5-6-21(19,20)9-12/h11-12,16H,2-9H2,1H3. The van der Waals surface area contributed by atoms with Crippen LogP contribution in [0.1, 0.15) is 43.0 Å². The first-order chi connectivity index (χ1) is 9.96. The van der Waals surface area contributed by atoms with Gasteiger partial charge in [-0.2, -0.15) is 5.10 Å². The lowest BCUT2D eigenvalue weighted by atomic mass is 9.85. The molecule has 7 heteroatoms. The third-order valence-corrected chi connectivity index (χ3v) is 6.81. The summed E-state index contributed by atoms with van der Waals surface area (Å²) in [6.45, 7) is 3.67. The molecule has 1 aliphatic carbocycles. The second-order valence-electron chi connectivity index (χ2n) is 6.28. The van der Waals surface area contributed by atoms with Gasteiger partial charge in [0.15, 0.2) is 9.84 Å². The number of hydrogen-bond acceptors (Lipinski definition) is 4. The van der Waals surface area contributed by atoms with E-state index in [-0.39, 0.29) is 17.5 Å². The minimum Gasteiger partial charge on any atom is -0.312 e. The monoisotopic (exact) mass is 331 g/mol. The van der Waals surface area contributed by atoms with E-state index in [0.717, 1.165) is 23.7 Å². The predicted molar refractivity (Wildman–Crippen MR) is 83.3 cm³/mol. The molecule has 1 unspecified atom stereocenters. The van der Waals surface area contributed by atoms with Gasteiger partial charge >= 0.3 is 0 Å². The predicted octanol–water partition coefficient (Wildman–Crippen LogP) is 2.09. The van der Waals surface area contributed by atoms with Crippen LogP contribution in [-0.2, 0) is 16.4 Å². The Bertz CT molecular complexity index is 622. The van der Waals surface area contributed by atoms with E-state index in [9.17, 15) is 8.42 Å². The highest BCUT2D eigenvalue weighted by atomic mass is 35.5. The van der Waals surface area contributed by atoms with Crippen LogP contribution >= 0.6 is 11.6 Å². The van der Waals surface area contributed by atoms with Crippen LogP contribution in [0.3, 0.4) is 0 Å². The Morgan fingerprint density at radius 2 is 2.14 bits per heavy atom. The summed E-state index contributed by atoms with van der Waals surface area (Å²) >= 11 is 6.43. The van der Waals surface area contributed by atoms with E-state index in [1.807, 2.05) is 6.92 Å². The Balaban J connectivity index is 1.67. The Kier molecular flexibility index (Phi) is 4.30. The fourth-order valence-corrected chi connectivity index (χ4v) is 5.13. The highest BCUT2D eigenvalue weighted by molar-refractivity contribution is 7.91. The van der Waals surface area contributed by atoms with Gasteiger partial charge in [0.25, 0.3) is 0 Å². The van der Waals surface area contributed by atoms with Crippen molar-refractivity contribution in [1.29, 1.82) is 0 Å². The van der Waals surface area contributed by atoms with Gasteiger partial charge in [-0.1, -0.05) is 18.0 Å². The van der Waals surface area contributed by atoms with Gasteiger partial charge in [-0.3, -0.25) is 0 Å². The van der Waals surface area contributed by atoms with E-state index in [1.165, 1.54) is 19.3 Å². The number of aromatic nitrogens is 2. The Hall–Kier alpha value is -0.590. The zero-order chi connectivity index (χ0) is 15.0. The lowest BCUT2D eigenvalue weighted by Gasteiger charge is -2.25. The number of nitrogens with one attached hydrogen (secondary N) is 1. The Morgan fingerprint density at radius 1 is 1.38 bits per heavy atom. The fraction of sp³-hybridized carbons (Fsp3) is 0.786. The molecule has 1 aromatic rings. The number of hydrogen-bond donors (Lipinski definition) is 1. The first kappa shape index (κ1) is 15.3. The van der Waals surface area contributed by atoms with Crippen molar-refractivity contribution in [2.24, 2.45) is 5.92 Å². The number of sulfone groups is 1. The molecule has 118 valence electrons. The van der Waals surface area contributed by atoms with Crippen LogP contribution in [-0.4, -0.2) is 36.2 Å². The summed E-state index contributed by atoms with van der Waals surface area (Å²) in [5.74, 6) is 1.20. The molecule has 2 aliphatic rings. The van der Waals surface area contributed by atoms with E-state index < -0.39 is 9.84 Å². The van der Waals surface area contributed by atoms with Crippen LogP contribution < -0.4 is 5.32 Å². The van der Waals surface area contributed by atoms with E-state index in [2.05, 4.69) is 10.4 Å². The topological polar surface area (TPSA) is 64.0 Å². The maximum Gasteiger partial charge on any atom is 0.152 e. The number of halogens is 1. The summed E-state index contributed by atoms with van der Waals surface area (Å²) in [5.41, 5.74) is 1.89. The van der Waals surface area contributed by atoms with E-state index >= 15 is 0 Å². The van der Waals surface area contributed by atoms with Crippen molar-refractivity contribution >= 4 is 21.4 Å². The molecule has 5 nitrogen and oxygen atoms in total. The number of nitrogens with zero attached hydrogens (tertiary/aromatic N) is 2. The Morgan fingerprint density at radius 3 is 2.71 bits per heavy atom. The molecule has 2 fully saturated rings. The van der Waals surface area contributed by atoms with E-state index in [4.69, 9.17) is 11.6 Å².